The van der Waals surface area contributed by atoms with E-state index >= 15 is 0 Å². The molecule has 0 spiro atoms. The molecule has 1 saturated carbocycles. The summed E-state index contributed by atoms with van der Waals surface area (Å²) >= 11 is 0. The lowest BCUT2D eigenvalue weighted by molar-refractivity contribution is -0.153. The number of amides is 1. The molecule has 11 nitrogen and oxygen atoms in total. The van der Waals surface area contributed by atoms with E-state index in [4.69, 9.17) is 10.2 Å². The molecule has 6 rings (SSSR count). The zero-order valence-electron chi connectivity index (χ0n) is 24.2. The smallest absolute Gasteiger partial charge is 0.255 e. The third-order valence-electron chi connectivity index (χ3n) is 9.00. The van der Waals surface area contributed by atoms with Crippen LogP contribution in [0.25, 0.3) is 17.1 Å². The van der Waals surface area contributed by atoms with Gasteiger partial charge in [-0.1, -0.05) is 30.3 Å². The number of carbonyl (C=O) groups is 3. The van der Waals surface area contributed by atoms with Crippen molar-refractivity contribution < 1.29 is 39.2 Å². The number of carbonyl (C=O) groups excluding carboxylic acids is 3. The molecule has 3 aliphatic rings. The Morgan fingerprint density at radius 3 is 2.45 bits per heavy atom. The van der Waals surface area contributed by atoms with E-state index in [-0.39, 0.29) is 29.7 Å². The Hall–Kier alpha value is -4.71. The van der Waals surface area contributed by atoms with Crippen molar-refractivity contribution in [1.29, 1.82) is 0 Å². The first-order valence-corrected chi connectivity index (χ1v) is 14.3. The van der Waals surface area contributed by atoms with Crippen LogP contribution in [0, 0.1) is 11.8 Å². The first kappa shape index (κ1) is 29.4. The summed E-state index contributed by atoms with van der Waals surface area (Å²) in [5.41, 5.74) is 3.94. The third kappa shape index (κ3) is 4.43. The lowest BCUT2D eigenvalue weighted by Gasteiger charge is -2.50. The molecule has 3 aliphatic carbocycles. The van der Waals surface area contributed by atoms with Crippen molar-refractivity contribution in [2.45, 2.75) is 37.6 Å². The fourth-order valence-electron chi connectivity index (χ4n) is 7.02. The Balaban J connectivity index is 1.38. The topological polar surface area (TPSA) is 187 Å². The molecule has 11 heteroatoms. The summed E-state index contributed by atoms with van der Waals surface area (Å²) in [5, 5.41) is 48.4. The Labute approximate surface area is 252 Å². The van der Waals surface area contributed by atoms with Crippen LogP contribution < -0.4 is 11.1 Å². The van der Waals surface area contributed by atoms with Crippen LogP contribution in [-0.4, -0.2) is 68.5 Å². The number of hydrogen-bond acceptors (Lipinski definition) is 10. The van der Waals surface area contributed by atoms with E-state index in [1.807, 2.05) is 36.4 Å². The molecule has 228 valence electrons. The molecule has 44 heavy (non-hydrogen) atoms. The number of ketones is 2. The van der Waals surface area contributed by atoms with Crippen LogP contribution in [0.4, 0.5) is 0 Å². The van der Waals surface area contributed by atoms with Crippen LogP contribution in [0.2, 0.25) is 0 Å². The fraction of sp³-hybridized carbons (Fsp3) is 0.303. The van der Waals surface area contributed by atoms with Crippen molar-refractivity contribution in [3.63, 3.8) is 0 Å². The van der Waals surface area contributed by atoms with Gasteiger partial charge in [-0.25, -0.2) is 0 Å². The number of primary amides is 1. The van der Waals surface area contributed by atoms with Crippen molar-refractivity contribution in [2.24, 2.45) is 17.6 Å². The number of furan rings is 1. The molecule has 7 N–H and O–H groups in total. The van der Waals surface area contributed by atoms with Crippen molar-refractivity contribution in [3.05, 3.63) is 94.0 Å². The molecule has 1 aromatic heterocycles. The number of hydrogen-bond donors (Lipinski definition) is 6. The lowest BCUT2D eigenvalue weighted by Crippen LogP contribution is -2.65. The predicted molar refractivity (Wildman–Crippen MR) is 159 cm³/mol. The molecule has 0 saturated heterocycles. The van der Waals surface area contributed by atoms with Crippen LogP contribution in [0.5, 0.6) is 5.75 Å². The summed E-state index contributed by atoms with van der Waals surface area (Å²) in [6, 6.07) is 15.5. The number of fused-ring (bicyclic) bond motifs is 3. The maximum absolute atomic E-state index is 14.0. The maximum atomic E-state index is 14.0. The SMILES string of the molecule is CN(C)C1C(=O)C(C(N)=O)=C(O)[C@@]2(O)C(=O)C3=C(O)c4c(O)ccc(-c5ccc(CNCc6ccccc6)o5)c4C[C@@H]3C[C@H]12. The van der Waals surface area contributed by atoms with E-state index in [1.165, 1.54) is 11.0 Å². The second-order valence-electron chi connectivity index (χ2n) is 11.8. The van der Waals surface area contributed by atoms with E-state index < -0.39 is 58.0 Å². The number of aliphatic hydroxyl groups is 3. The van der Waals surface area contributed by atoms with Gasteiger partial charge in [0.2, 0.25) is 5.78 Å². The first-order chi connectivity index (χ1) is 20.9. The number of phenols is 1. The van der Waals surface area contributed by atoms with Crippen LogP contribution in [0.15, 0.2) is 75.9 Å². The number of nitrogens with zero attached hydrogens (tertiary/aromatic N) is 1. The summed E-state index contributed by atoms with van der Waals surface area (Å²) in [7, 11) is 3.12. The van der Waals surface area contributed by atoms with Gasteiger partial charge in [0.15, 0.2) is 11.4 Å². The molecular weight excluding hydrogens is 566 g/mol. The highest BCUT2D eigenvalue weighted by molar-refractivity contribution is 6.24. The second kappa shape index (κ2) is 10.8. The highest BCUT2D eigenvalue weighted by Crippen LogP contribution is 2.53. The Morgan fingerprint density at radius 1 is 1.05 bits per heavy atom. The molecule has 1 fully saturated rings. The number of Topliss-reactive ketones (excluding diaryl/α,β-unsaturated/α-hetero) is 2. The van der Waals surface area contributed by atoms with E-state index in [9.17, 15) is 34.8 Å². The lowest BCUT2D eigenvalue weighted by atomic mass is 9.57. The van der Waals surface area contributed by atoms with Crippen LogP contribution in [-0.2, 0) is 33.9 Å². The Morgan fingerprint density at radius 2 is 1.77 bits per heavy atom. The van der Waals surface area contributed by atoms with Gasteiger partial charge in [0.25, 0.3) is 5.91 Å². The Bertz CT molecular complexity index is 1760. The van der Waals surface area contributed by atoms with Crippen LogP contribution >= 0.6 is 0 Å². The average Bonchev–Trinajstić information content (AvgIpc) is 3.44. The Kier molecular flexibility index (Phi) is 7.19. The summed E-state index contributed by atoms with van der Waals surface area (Å²) in [5.74, 6) is -5.71. The third-order valence-corrected chi connectivity index (χ3v) is 9.00. The monoisotopic (exact) mass is 599 g/mol. The standard InChI is InChI=1S/C33H33N3O8/c1-36(2)27-21-13-17-12-20-19(23-11-8-18(44-23)15-35-14-16-6-4-3-5-7-16)9-10-22(37)25(20)28(38)24(17)30(40)33(21,43)31(41)26(29(27)39)32(34)42/h3-11,17,21,27,35,37-38,41,43H,12-15H2,1-2H3,(H2,34,42)/t17-,21-,27?,33+/m1/s1. The van der Waals surface area contributed by atoms with Gasteiger partial charge in [-0.2, -0.15) is 0 Å². The van der Waals surface area contributed by atoms with E-state index in [2.05, 4.69) is 5.32 Å². The highest BCUT2D eigenvalue weighted by atomic mass is 16.4. The van der Waals surface area contributed by atoms with Gasteiger partial charge < -0.3 is 35.9 Å². The molecule has 0 aliphatic heterocycles. The summed E-state index contributed by atoms with van der Waals surface area (Å²) in [4.78, 5) is 40.9. The average molecular weight is 600 g/mol. The van der Waals surface area contributed by atoms with E-state index in [1.54, 1.807) is 26.2 Å². The van der Waals surface area contributed by atoms with Gasteiger partial charge in [0, 0.05) is 23.6 Å². The fourth-order valence-corrected chi connectivity index (χ4v) is 7.02. The van der Waals surface area contributed by atoms with Gasteiger partial charge in [0.05, 0.1) is 18.2 Å². The van der Waals surface area contributed by atoms with Crippen molar-refractivity contribution in [2.75, 3.05) is 14.1 Å². The minimum atomic E-state index is -2.68. The largest absolute Gasteiger partial charge is 0.508 e. The number of likely N-dealkylation sites (N-methyl/N-ethyl adjacent to an activating group) is 1. The molecule has 1 unspecified atom stereocenters. The number of nitrogens with two attached hydrogens (primary N) is 1. The van der Waals surface area contributed by atoms with Gasteiger partial charge in [-0.05, 0) is 68.2 Å². The first-order valence-electron chi connectivity index (χ1n) is 14.3. The van der Waals surface area contributed by atoms with E-state index in [0.717, 1.165) is 5.56 Å². The van der Waals surface area contributed by atoms with Crippen molar-refractivity contribution in [3.8, 4) is 17.1 Å². The summed E-state index contributed by atoms with van der Waals surface area (Å²) < 4.78 is 6.14. The summed E-state index contributed by atoms with van der Waals surface area (Å²) in [6.45, 7) is 1.12. The predicted octanol–water partition coefficient (Wildman–Crippen LogP) is 2.51. The number of rotatable bonds is 7. The number of aliphatic hydroxyl groups excluding tert-OH is 2. The zero-order valence-corrected chi connectivity index (χ0v) is 24.2. The molecule has 0 bridgehead atoms. The molecule has 3 aromatic rings. The van der Waals surface area contributed by atoms with Crippen molar-refractivity contribution in [1.82, 2.24) is 10.2 Å². The van der Waals surface area contributed by atoms with E-state index in [0.29, 0.717) is 35.7 Å². The normalized spacial score (nSPS) is 24.8. The van der Waals surface area contributed by atoms with Gasteiger partial charge >= 0.3 is 0 Å². The van der Waals surface area contributed by atoms with Crippen LogP contribution in [0.3, 0.4) is 0 Å². The zero-order chi connectivity index (χ0) is 31.5. The van der Waals surface area contributed by atoms with Crippen LogP contribution in [0.1, 0.15) is 28.9 Å². The maximum Gasteiger partial charge on any atom is 0.255 e. The number of aromatic hydroxyl groups is 1. The minimum absolute atomic E-state index is 0.00761. The number of benzene rings is 2. The number of nitrogens with one attached hydrogen (secondary N) is 1. The molecular formula is C33H33N3O8. The molecule has 2 aromatic carbocycles. The van der Waals surface area contributed by atoms with Crippen molar-refractivity contribution >= 4 is 23.2 Å². The van der Waals surface area contributed by atoms with Gasteiger partial charge in [-0.3, -0.25) is 19.3 Å². The number of phenolic OH excluding ortho intramolecular Hbond substituents is 1. The van der Waals surface area contributed by atoms with Gasteiger partial charge in [0.1, 0.15) is 34.4 Å². The van der Waals surface area contributed by atoms with Gasteiger partial charge in [-0.15, -0.1) is 0 Å². The quantitative estimate of drug-likeness (QED) is 0.220. The second-order valence-corrected chi connectivity index (χ2v) is 11.8. The summed E-state index contributed by atoms with van der Waals surface area (Å²) in [6.07, 6.45) is 0.175. The minimum Gasteiger partial charge on any atom is -0.508 e. The highest BCUT2D eigenvalue weighted by Gasteiger charge is 2.64. The molecule has 0 radical (unpaired) electrons. The molecule has 1 heterocycles. The molecule has 1 amide bonds. The molecule has 4 atom stereocenters.